The third kappa shape index (κ3) is 5.96. The molecule has 0 aliphatic carbocycles. The van der Waals surface area contributed by atoms with Gasteiger partial charge < -0.3 is 15.7 Å². The van der Waals surface area contributed by atoms with Gasteiger partial charge in [-0.3, -0.25) is 0 Å². The van der Waals surface area contributed by atoms with Crippen LogP contribution < -0.4 is 10.6 Å². The van der Waals surface area contributed by atoms with Crippen LogP contribution >= 0.6 is 11.6 Å². The number of carbonyl (C=O) groups is 2. The average molecular weight is 235 g/mol. The van der Waals surface area contributed by atoms with Gasteiger partial charge in [-0.05, 0) is 5.92 Å². The first-order valence-electron chi connectivity index (χ1n) is 4.45. The Labute approximate surface area is 93.5 Å². The fourth-order valence-corrected chi connectivity index (χ4v) is 0.949. The summed E-state index contributed by atoms with van der Waals surface area (Å²) in [6, 6.07) is -1.48. The van der Waals surface area contributed by atoms with Gasteiger partial charge in [-0.1, -0.05) is 32.0 Å². The predicted octanol–water partition coefficient (Wildman–Crippen LogP) is 1.15. The number of hydrogen-bond acceptors (Lipinski definition) is 2. The van der Waals surface area contributed by atoms with Gasteiger partial charge in [0, 0.05) is 5.03 Å². The highest BCUT2D eigenvalue weighted by Gasteiger charge is 2.22. The van der Waals surface area contributed by atoms with Crippen molar-refractivity contribution in [3.05, 3.63) is 11.6 Å². The molecular formula is C9H15ClN2O3. The number of aliphatic carboxylic acids is 1. The second kappa shape index (κ2) is 6.29. The Bertz CT molecular complexity index is 266. The van der Waals surface area contributed by atoms with Crippen LogP contribution in [0.2, 0.25) is 0 Å². The molecule has 0 spiro atoms. The van der Waals surface area contributed by atoms with E-state index in [4.69, 9.17) is 16.7 Å². The van der Waals surface area contributed by atoms with E-state index in [2.05, 4.69) is 17.2 Å². The lowest BCUT2D eigenvalue weighted by Gasteiger charge is -2.18. The topological polar surface area (TPSA) is 78.4 Å². The number of carboxylic acid groups (broad SMARTS) is 1. The highest BCUT2D eigenvalue weighted by atomic mass is 35.5. The Hall–Kier alpha value is -1.23. The first-order valence-corrected chi connectivity index (χ1v) is 4.82. The summed E-state index contributed by atoms with van der Waals surface area (Å²) in [5.74, 6) is -1.25. The standard InChI is InChI=1S/C9H15ClN2O3/c1-5(2)7(8(13)14)12-9(15)11-4-6(3)10/h5,7H,3-4H2,1-2H3,(H,13,14)(H2,11,12,15)/t7-/m1/s1. The van der Waals surface area contributed by atoms with Crippen molar-refractivity contribution in [3.63, 3.8) is 0 Å². The maximum atomic E-state index is 11.2. The largest absolute Gasteiger partial charge is 0.480 e. The van der Waals surface area contributed by atoms with E-state index in [1.54, 1.807) is 13.8 Å². The van der Waals surface area contributed by atoms with Crippen LogP contribution in [0.3, 0.4) is 0 Å². The van der Waals surface area contributed by atoms with Crippen LogP contribution in [0.15, 0.2) is 11.6 Å². The summed E-state index contributed by atoms with van der Waals surface area (Å²) in [6.07, 6.45) is 0. The van der Waals surface area contributed by atoms with E-state index in [0.717, 1.165) is 0 Å². The van der Waals surface area contributed by atoms with E-state index < -0.39 is 18.0 Å². The average Bonchev–Trinajstić information content (AvgIpc) is 2.09. The van der Waals surface area contributed by atoms with E-state index in [0.29, 0.717) is 0 Å². The second-order valence-corrected chi connectivity index (χ2v) is 3.94. The molecule has 0 aromatic rings. The summed E-state index contributed by atoms with van der Waals surface area (Å²) in [6.45, 7) is 6.91. The van der Waals surface area contributed by atoms with Gasteiger partial charge in [0.25, 0.3) is 0 Å². The Morgan fingerprint density at radius 1 is 1.47 bits per heavy atom. The van der Waals surface area contributed by atoms with E-state index in [-0.39, 0.29) is 17.5 Å². The van der Waals surface area contributed by atoms with Crippen LogP contribution in [-0.2, 0) is 4.79 Å². The van der Waals surface area contributed by atoms with Gasteiger partial charge >= 0.3 is 12.0 Å². The molecule has 0 heterocycles. The van der Waals surface area contributed by atoms with Gasteiger partial charge in [-0.25, -0.2) is 9.59 Å². The van der Waals surface area contributed by atoms with Crippen LogP contribution in [0, 0.1) is 5.92 Å². The van der Waals surface area contributed by atoms with Crippen molar-refractivity contribution < 1.29 is 14.7 Å². The van der Waals surface area contributed by atoms with Crippen molar-refractivity contribution in [3.8, 4) is 0 Å². The molecule has 0 aromatic carbocycles. The Kier molecular flexibility index (Phi) is 5.77. The lowest BCUT2D eigenvalue weighted by molar-refractivity contribution is -0.140. The summed E-state index contributed by atoms with van der Waals surface area (Å²) >= 11 is 5.43. The van der Waals surface area contributed by atoms with Crippen molar-refractivity contribution in [1.29, 1.82) is 0 Å². The number of amides is 2. The Morgan fingerprint density at radius 2 is 2.00 bits per heavy atom. The zero-order valence-electron chi connectivity index (χ0n) is 8.71. The highest BCUT2D eigenvalue weighted by Crippen LogP contribution is 2.01. The molecule has 1 atom stereocenters. The summed E-state index contributed by atoms with van der Waals surface area (Å²) < 4.78 is 0. The van der Waals surface area contributed by atoms with Crippen LogP contribution in [0.4, 0.5) is 4.79 Å². The van der Waals surface area contributed by atoms with Gasteiger partial charge in [0.2, 0.25) is 0 Å². The number of rotatable bonds is 5. The molecule has 0 unspecified atom stereocenters. The van der Waals surface area contributed by atoms with Gasteiger partial charge in [0.05, 0.1) is 6.54 Å². The van der Waals surface area contributed by atoms with Gasteiger partial charge in [0.1, 0.15) is 6.04 Å². The summed E-state index contributed by atoms with van der Waals surface area (Å²) in [4.78, 5) is 21.9. The summed E-state index contributed by atoms with van der Waals surface area (Å²) in [5.41, 5.74) is 0. The molecule has 6 heteroatoms. The molecule has 0 aromatic heterocycles. The molecule has 2 amide bonds. The zero-order valence-corrected chi connectivity index (χ0v) is 9.47. The lowest BCUT2D eigenvalue weighted by atomic mass is 10.1. The molecule has 0 saturated carbocycles. The number of hydrogen-bond donors (Lipinski definition) is 3. The first-order chi connectivity index (χ1) is 6.84. The molecule has 3 N–H and O–H groups in total. The minimum absolute atomic E-state index is 0.109. The van der Waals surface area contributed by atoms with Crippen molar-refractivity contribution >= 4 is 23.6 Å². The number of nitrogens with one attached hydrogen (secondary N) is 2. The van der Waals surface area contributed by atoms with E-state index in [1.807, 2.05) is 0 Å². The Balaban J connectivity index is 4.12. The smallest absolute Gasteiger partial charge is 0.326 e. The molecule has 0 aliphatic heterocycles. The van der Waals surface area contributed by atoms with Gasteiger partial charge in [-0.15, -0.1) is 0 Å². The predicted molar refractivity (Wildman–Crippen MR) is 57.8 cm³/mol. The van der Waals surface area contributed by atoms with E-state index in [1.165, 1.54) is 0 Å². The molecule has 0 radical (unpaired) electrons. The van der Waals surface area contributed by atoms with E-state index >= 15 is 0 Å². The molecule has 0 fully saturated rings. The zero-order chi connectivity index (χ0) is 12.0. The molecular weight excluding hydrogens is 220 g/mol. The maximum absolute atomic E-state index is 11.2. The van der Waals surface area contributed by atoms with Crippen LogP contribution in [0.1, 0.15) is 13.8 Å². The SMILES string of the molecule is C=C(Cl)CNC(=O)N[C@@H](C(=O)O)C(C)C. The molecule has 0 saturated heterocycles. The Morgan fingerprint density at radius 3 is 2.33 bits per heavy atom. The molecule has 15 heavy (non-hydrogen) atoms. The van der Waals surface area contributed by atoms with Crippen LogP contribution in [0.25, 0.3) is 0 Å². The van der Waals surface area contributed by atoms with Crippen molar-refractivity contribution in [2.45, 2.75) is 19.9 Å². The second-order valence-electron chi connectivity index (χ2n) is 3.40. The third-order valence-corrected chi connectivity index (χ3v) is 1.79. The van der Waals surface area contributed by atoms with Gasteiger partial charge in [-0.2, -0.15) is 0 Å². The third-order valence-electron chi connectivity index (χ3n) is 1.66. The molecule has 86 valence electrons. The lowest BCUT2D eigenvalue weighted by Crippen LogP contribution is -2.48. The van der Waals surface area contributed by atoms with Crippen molar-refractivity contribution in [2.24, 2.45) is 5.92 Å². The maximum Gasteiger partial charge on any atom is 0.326 e. The quantitative estimate of drug-likeness (QED) is 0.668. The fraction of sp³-hybridized carbons (Fsp3) is 0.556. The summed E-state index contributed by atoms with van der Waals surface area (Å²) in [5, 5.41) is 13.8. The molecule has 0 bridgehead atoms. The van der Waals surface area contributed by atoms with Gasteiger partial charge in [0.15, 0.2) is 0 Å². The fourth-order valence-electron chi connectivity index (χ4n) is 0.882. The first kappa shape index (κ1) is 13.8. The van der Waals surface area contributed by atoms with E-state index in [9.17, 15) is 9.59 Å². The molecule has 0 rings (SSSR count). The number of urea groups is 1. The van der Waals surface area contributed by atoms with Crippen LogP contribution in [0.5, 0.6) is 0 Å². The summed E-state index contributed by atoms with van der Waals surface area (Å²) in [7, 11) is 0. The number of carbonyl (C=O) groups excluding carboxylic acids is 1. The number of halogens is 1. The van der Waals surface area contributed by atoms with Crippen LogP contribution in [-0.4, -0.2) is 29.7 Å². The normalized spacial score (nSPS) is 12.0. The molecule has 5 nitrogen and oxygen atoms in total. The molecule has 0 aliphatic rings. The monoisotopic (exact) mass is 234 g/mol. The minimum Gasteiger partial charge on any atom is -0.480 e. The van der Waals surface area contributed by atoms with Crippen molar-refractivity contribution in [1.82, 2.24) is 10.6 Å². The minimum atomic E-state index is -1.06. The highest BCUT2D eigenvalue weighted by molar-refractivity contribution is 6.29. The number of carboxylic acids is 1. The van der Waals surface area contributed by atoms with Crippen molar-refractivity contribution in [2.75, 3.05) is 6.54 Å².